The molecule has 25 heavy (non-hydrogen) atoms. The van der Waals surface area contributed by atoms with Crippen molar-refractivity contribution in [1.29, 1.82) is 5.26 Å². The van der Waals surface area contributed by atoms with Crippen molar-refractivity contribution in [3.63, 3.8) is 0 Å². The van der Waals surface area contributed by atoms with Gasteiger partial charge in [-0.15, -0.1) is 0 Å². The van der Waals surface area contributed by atoms with Gasteiger partial charge in [0.25, 0.3) is 0 Å². The Morgan fingerprint density at radius 2 is 1.64 bits per heavy atom. The summed E-state index contributed by atoms with van der Waals surface area (Å²) < 4.78 is 30.7. The lowest BCUT2D eigenvalue weighted by Gasteiger charge is -2.17. The number of nitrogens with zero attached hydrogens (tertiary/aromatic N) is 2. The molecule has 0 saturated carbocycles. The van der Waals surface area contributed by atoms with Gasteiger partial charge in [0.2, 0.25) is 0 Å². The molecule has 2 rings (SSSR count). The van der Waals surface area contributed by atoms with Crippen LogP contribution in [0.25, 0.3) is 0 Å². The van der Waals surface area contributed by atoms with Gasteiger partial charge < -0.3 is 4.18 Å². The Balaban J connectivity index is 2.62. The standard InChI is InChI=1S/C19H22N2O3S/c1-5-15-16(6-2)19(18(12-20)21-17(15)7-3)24-25(22,23)14-10-8-13(4)9-11-14/h8-11H,5-7H2,1-4H3. The summed E-state index contributed by atoms with van der Waals surface area (Å²) in [5.41, 5.74) is 3.48. The van der Waals surface area contributed by atoms with E-state index < -0.39 is 10.1 Å². The van der Waals surface area contributed by atoms with Crippen LogP contribution in [0.15, 0.2) is 29.2 Å². The van der Waals surface area contributed by atoms with E-state index in [-0.39, 0.29) is 16.3 Å². The van der Waals surface area contributed by atoms with Crippen LogP contribution in [0, 0.1) is 18.3 Å². The lowest BCUT2D eigenvalue weighted by molar-refractivity contribution is 0.480. The Bertz CT molecular complexity index is 911. The second kappa shape index (κ2) is 7.66. The number of nitriles is 1. The molecule has 132 valence electrons. The van der Waals surface area contributed by atoms with E-state index in [0.717, 1.165) is 22.4 Å². The Hall–Kier alpha value is -2.39. The first-order chi connectivity index (χ1) is 11.9. The molecule has 1 aromatic carbocycles. The maximum atomic E-state index is 12.6. The predicted octanol–water partition coefficient (Wildman–Crippen LogP) is 3.72. The molecule has 5 nitrogen and oxygen atoms in total. The van der Waals surface area contributed by atoms with Gasteiger partial charge in [0.15, 0.2) is 11.4 Å². The highest BCUT2D eigenvalue weighted by Gasteiger charge is 2.24. The van der Waals surface area contributed by atoms with E-state index in [1.165, 1.54) is 12.1 Å². The highest BCUT2D eigenvalue weighted by molar-refractivity contribution is 7.87. The third-order valence-corrected chi connectivity index (χ3v) is 5.33. The van der Waals surface area contributed by atoms with Crippen LogP contribution in [-0.4, -0.2) is 13.4 Å². The van der Waals surface area contributed by atoms with Gasteiger partial charge in [-0.25, -0.2) is 4.98 Å². The summed E-state index contributed by atoms with van der Waals surface area (Å²) in [6, 6.07) is 8.39. The fourth-order valence-electron chi connectivity index (χ4n) is 2.82. The molecule has 6 heteroatoms. The Morgan fingerprint density at radius 3 is 2.12 bits per heavy atom. The lowest BCUT2D eigenvalue weighted by Crippen LogP contribution is -2.15. The summed E-state index contributed by atoms with van der Waals surface area (Å²) in [4.78, 5) is 4.39. The van der Waals surface area contributed by atoms with Gasteiger partial charge in [0.1, 0.15) is 11.0 Å². The summed E-state index contributed by atoms with van der Waals surface area (Å²) in [6.07, 6.45) is 1.94. The molecular formula is C19H22N2O3S. The summed E-state index contributed by atoms with van der Waals surface area (Å²) >= 11 is 0. The molecule has 0 spiro atoms. The van der Waals surface area contributed by atoms with E-state index in [1.807, 2.05) is 33.8 Å². The third kappa shape index (κ3) is 3.83. The Labute approximate surface area is 149 Å². The van der Waals surface area contributed by atoms with E-state index in [9.17, 15) is 13.7 Å². The maximum Gasteiger partial charge on any atom is 0.339 e. The molecule has 0 saturated heterocycles. The Kier molecular flexibility index (Phi) is 5.81. The topological polar surface area (TPSA) is 80.0 Å². The quantitative estimate of drug-likeness (QED) is 0.735. The molecule has 1 aromatic heterocycles. The molecule has 0 aliphatic rings. The van der Waals surface area contributed by atoms with Crippen molar-refractivity contribution in [2.24, 2.45) is 0 Å². The van der Waals surface area contributed by atoms with Gasteiger partial charge in [-0.2, -0.15) is 13.7 Å². The normalized spacial score (nSPS) is 11.2. The summed E-state index contributed by atoms with van der Waals surface area (Å²) in [5, 5.41) is 9.44. The largest absolute Gasteiger partial charge is 0.376 e. The smallest absolute Gasteiger partial charge is 0.339 e. The number of pyridine rings is 1. The monoisotopic (exact) mass is 358 g/mol. The van der Waals surface area contributed by atoms with E-state index >= 15 is 0 Å². The van der Waals surface area contributed by atoms with Crippen LogP contribution in [0.5, 0.6) is 5.75 Å². The number of rotatable bonds is 6. The molecule has 1 heterocycles. The van der Waals surface area contributed by atoms with Crippen LogP contribution in [0.2, 0.25) is 0 Å². The summed E-state index contributed by atoms with van der Waals surface area (Å²) in [5.74, 6) is 0.0552. The Morgan fingerprint density at radius 1 is 1.04 bits per heavy atom. The van der Waals surface area contributed by atoms with Gasteiger partial charge >= 0.3 is 10.1 Å². The molecule has 0 bridgehead atoms. The van der Waals surface area contributed by atoms with Crippen molar-refractivity contribution in [2.75, 3.05) is 0 Å². The fourth-order valence-corrected chi connectivity index (χ4v) is 3.78. The van der Waals surface area contributed by atoms with Crippen molar-refractivity contribution < 1.29 is 12.6 Å². The second-order valence-electron chi connectivity index (χ2n) is 5.72. The lowest BCUT2D eigenvalue weighted by atomic mass is 9.98. The molecule has 0 fully saturated rings. The first-order valence-electron chi connectivity index (χ1n) is 8.33. The van der Waals surface area contributed by atoms with Gasteiger partial charge in [0.05, 0.1) is 0 Å². The minimum Gasteiger partial charge on any atom is -0.376 e. The predicted molar refractivity (Wildman–Crippen MR) is 96.1 cm³/mol. The van der Waals surface area contributed by atoms with Crippen molar-refractivity contribution in [2.45, 2.75) is 51.9 Å². The van der Waals surface area contributed by atoms with E-state index in [2.05, 4.69) is 4.98 Å². The van der Waals surface area contributed by atoms with Crippen LogP contribution in [0.1, 0.15) is 48.8 Å². The number of aromatic nitrogens is 1. The molecule has 2 aromatic rings. The first-order valence-corrected chi connectivity index (χ1v) is 9.74. The highest BCUT2D eigenvalue weighted by atomic mass is 32.2. The summed E-state index contributed by atoms with van der Waals surface area (Å²) in [7, 11) is -4.03. The van der Waals surface area contributed by atoms with E-state index in [0.29, 0.717) is 19.3 Å². The number of hydrogen-bond donors (Lipinski definition) is 0. The minimum atomic E-state index is -4.03. The first kappa shape index (κ1) is 18.9. The van der Waals surface area contributed by atoms with Crippen molar-refractivity contribution >= 4 is 10.1 Å². The molecule has 0 radical (unpaired) electrons. The zero-order valence-corrected chi connectivity index (χ0v) is 15.8. The molecule has 0 unspecified atom stereocenters. The zero-order chi connectivity index (χ0) is 18.6. The van der Waals surface area contributed by atoms with Crippen LogP contribution < -0.4 is 4.18 Å². The molecule has 0 atom stereocenters. The van der Waals surface area contributed by atoms with Crippen LogP contribution >= 0.6 is 0 Å². The molecule has 0 aliphatic carbocycles. The maximum absolute atomic E-state index is 12.6. The van der Waals surface area contributed by atoms with Gasteiger partial charge in [-0.3, -0.25) is 0 Å². The summed E-state index contributed by atoms with van der Waals surface area (Å²) in [6.45, 7) is 7.74. The highest BCUT2D eigenvalue weighted by Crippen LogP contribution is 2.31. The second-order valence-corrected chi connectivity index (χ2v) is 7.26. The van der Waals surface area contributed by atoms with Crippen LogP contribution in [-0.2, 0) is 29.4 Å². The van der Waals surface area contributed by atoms with E-state index in [1.54, 1.807) is 12.1 Å². The number of hydrogen-bond acceptors (Lipinski definition) is 5. The average Bonchev–Trinajstić information content (AvgIpc) is 2.60. The molecule has 0 amide bonds. The number of aryl methyl sites for hydroxylation is 2. The van der Waals surface area contributed by atoms with Crippen LogP contribution in [0.4, 0.5) is 0 Å². The zero-order valence-electron chi connectivity index (χ0n) is 15.0. The molecular weight excluding hydrogens is 336 g/mol. The van der Waals surface area contributed by atoms with Gasteiger partial charge in [-0.05, 0) is 43.9 Å². The van der Waals surface area contributed by atoms with Crippen molar-refractivity contribution in [1.82, 2.24) is 4.98 Å². The fraction of sp³-hybridized carbons (Fsp3) is 0.368. The van der Waals surface area contributed by atoms with Crippen LogP contribution in [0.3, 0.4) is 0 Å². The van der Waals surface area contributed by atoms with Crippen molar-refractivity contribution in [3.05, 3.63) is 52.3 Å². The molecule has 0 aliphatic heterocycles. The third-order valence-electron chi connectivity index (χ3n) is 4.10. The van der Waals surface area contributed by atoms with Gasteiger partial charge in [0, 0.05) is 11.3 Å². The molecule has 0 N–H and O–H groups in total. The van der Waals surface area contributed by atoms with Crippen molar-refractivity contribution in [3.8, 4) is 11.8 Å². The number of benzene rings is 1. The van der Waals surface area contributed by atoms with E-state index in [4.69, 9.17) is 4.18 Å². The average molecular weight is 358 g/mol. The van der Waals surface area contributed by atoms with Gasteiger partial charge in [-0.1, -0.05) is 38.5 Å². The SMILES string of the molecule is CCc1nc(C#N)c(OS(=O)(=O)c2ccc(C)cc2)c(CC)c1CC. The minimum absolute atomic E-state index is 0.0154.